The molecule has 2 nitrogen and oxygen atoms in total. The van der Waals surface area contributed by atoms with Crippen molar-refractivity contribution in [3.05, 3.63) is 48.6 Å². The largest absolute Gasteiger partial charge is 0.343 e. The number of rotatable bonds is 12. The number of hydrogen-bond donors (Lipinski definition) is 0. The number of nitrogens with zero attached hydrogens (tertiary/aromatic N) is 1. The molecule has 0 aromatic carbocycles. The molecule has 0 N–H and O–H groups in total. The lowest BCUT2D eigenvalue weighted by molar-refractivity contribution is -0.130. The van der Waals surface area contributed by atoms with Crippen LogP contribution in [0.15, 0.2) is 48.6 Å². The van der Waals surface area contributed by atoms with Gasteiger partial charge in [-0.1, -0.05) is 55.5 Å². The van der Waals surface area contributed by atoms with E-state index in [4.69, 9.17) is 0 Å². The molecular formula is C22H35NO. The van der Waals surface area contributed by atoms with Gasteiger partial charge in [-0.2, -0.15) is 0 Å². The molecule has 0 saturated carbocycles. The van der Waals surface area contributed by atoms with E-state index in [2.05, 4.69) is 55.5 Å². The van der Waals surface area contributed by atoms with Crippen LogP contribution in [-0.2, 0) is 4.79 Å². The van der Waals surface area contributed by atoms with Crippen LogP contribution < -0.4 is 0 Å². The highest BCUT2D eigenvalue weighted by Crippen LogP contribution is 2.11. The Kier molecular flexibility index (Phi) is 12.8. The summed E-state index contributed by atoms with van der Waals surface area (Å²) in [6, 6.07) is 0. The van der Waals surface area contributed by atoms with Crippen molar-refractivity contribution in [1.82, 2.24) is 4.90 Å². The fourth-order valence-corrected chi connectivity index (χ4v) is 2.76. The molecule has 0 aromatic rings. The zero-order chi connectivity index (χ0) is 17.3. The van der Waals surface area contributed by atoms with Gasteiger partial charge < -0.3 is 4.90 Å². The summed E-state index contributed by atoms with van der Waals surface area (Å²) in [5.41, 5.74) is 0. The van der Waals surface area contributed by atoms with Gasteiger partial charge in [0.2, 0.25) is 5.91 Å². The van der Waals surface area contributed by atoms with E-state index in [0.29, 0.717) is 5.91 Å². The Hall–Kier alpha value is -1.57. The van der Waals surface area contributed by atoms with E-state index in [1.54, 1.807) is 0 Å². The zero-order valence-electron chi connectivity index (χ0n) is 15.5. The minimum Gasteiger partial charge on any atom is -0.343 e. The zero-order valence-corrected chi connectivity index (χ0v) is 15.5. The molecule has 0 bridgehead atoms. The van der Waals surface area contributed by atoms with Gasteiger partial charge in [0.05, 0.1) is 0 Å². The molecule has 2 heteroatoms. The fourth-order valence-electron chi connectivity index (χ4n) is 2.76. The minimum atomic E-state index is 0.359. The average molecular weight is 330 g/mol. The standard InChI is InChI=1S/C22H35NO/c1-2-3-4-5-6-7-8-9-10-11-12-13-14-15-16-19-22(24)23-20-17-18-21-23/h3-4,6-7,9-10,12-13H,2,5,8,11,14-21H2,1H3/b4-3+,7-6+,10-9+,13-12+. The summed E-state index contributed by atoms with van der Waals surface area (Å²) in [6.45, 7) is 4.12. The molecule has 0 spiro atoms. The van der Waals surface area contributed by atoms with Gasteiger partial charge in [-0.3, -0.25) is 4.79 Å². The number of allylic oxidation sites excluding steroid dienone is 8. The van der Waals surface area contributed by atoms with E-state index in [1.165, 1.54) is 12.8 Å². The molecule has 0 aliphatic carbocycles. The molecule has 0 atom stereocenters. The van der Waals surface area contributed by atoms with Crippen LogP contribution in [0.2, 0.25) is 0 Å². The lowest BCUT2D eigenvalue weighted by Crippen LogP contribution is -2.27. The van der Waals surface area contributed by atoms with Gasteiger partial charge in [0.25, 0.3) is 0 Å². The van der Waals surface area contributed by atoms with E-state index in [-0.39, 0.29) is 0 Å². The van der Waals surface area contributed by atoms with Crippen LogP contribution in [0.4, 0.5) is 0 Å². The third-order valence-electron chi connectivity index (χ3n) is 4.19. The second kappa shape index (κ2) is 15.0. The first-order chi connectivity index (χ1) is 11.8. The first kappa shape index (κ1) is 20.5. The lowest BCUT2D eigenvalue weighted by Gasteiger charge is -2.14. The van der Waals surface area contributed by atoms with Crippen LogP contribution in [0.25, 0.3) is 0 Å². The third kappa shape index (κ3) is 11.0. The van der Waals surface area contributed by atoms with Crippen LogP contribution in [0, 0.1) is 0 Å². The molecule has 134 valence electrons. The lowest BCUT2D eigenvalue weighted by atomic mass is 10.1. The van der Waals surface area contributed by atoms with E-state index in [9.17, 15) is 4.79 Å². The summed E-state index contributed by atoms with van der Waals surface area (Å²) in [5.74, 6) is 0.359. The Labute approximate surface area is 149 Å². The maximum Gasteiger partial charge on any atom is 0.222 e. The number of hydrogen-bond acceptors (Lipinski definition) is 1. The van der Waals surface area contributed by atoms with Gasteiger partial charge in [-0.05, 0) is 57.8 Å². The molecule has 1 heterocycles. The Balaban J connectivity index is 1.91. The number of carbonyl (C=O) groups is 1. The van der Waals surface area contributed by atoms with E-state index >= 15 is 0 Å². The maximum absolute atomic E-state index is 11.9. The molecule has 0 unspecified atom stereocenters. The predicted octanol–water partition coefficient (Wildman–Crippen LogP) is 5.97. The number of likely N-dealkylation sites (tertiary alicyclic amines) is 1. The van der Waals surface area contributed by atoms with Crippen LogP contribution in [0.3, 0.4) is 0 Å². The predicted molar refractivity (Wildman–Crippen MR) is 105 cm³/mol. The van der Waals surface area contributed by atoms with Crippen LogP contribution in [0.5, 0.6) is 0 Å². The highest BCUT2D eigenvalue weighted by Gasteiger charge is 2.16. The molecule has 1 rings (SSSR count). The molecule has 0 aromatic heterocycles. The second-order valence-corrected chi connectivity index (χ2v) is 6.33. The van der Waals surface area contributed by atoms with Crippen molar-refractivity contribution in [2.45, 2.75) is 71.1 Å². The van der Waals surface area contributed by atoms with Crippen molar-refractivity contribution in [2.24, 2.45) is 0 Å². The van der Waals surface area contributed by atoms with Gasteiger partial charge in [0, 0.05) is 19.5 Å². The Bertz CT molecular complexity index is 425. The molecule has 24 heavy (non-hydrogen) atoms. The SMILES string of the molecule is CC/C=C/C/C=C/C/C=C/C/C=C/CCCCC(=O)N1CCCC1. The topological polar surface area (TPSA) is 20.3 Å². The molecule has 1 saturated heterocycles. The Morgan fingerprint density at radius 1 is 0.792 bits per heavy atom. The quantitative estimate of drug-likeness (QED) is 0.319. The van der Waals surface area contributed by atoms with Gasteiger partial charge in [-0.25, -0.2) is 0 Å². The van der Waals surface area contributed by atoms with Crippen LogP contribution in [0.1, 0.15) is 71.1 Å². The van der Waals surface area contributed by atoms with Crippen molar-refractivity contribution in [1.29, 1.82) is 0 Å². The summed E-state index contributed by atoms with van der Waals surface area (Å²) in [6.07, 6.45) is 28.3. The molecule has 1 amide bonds. The first-order valence-electron chi connectivity index (χ1n) is 9.72. The van der Waals surface area contributed by atoms with E-state index in [0.717, 1.165) is 64.5 Å². The number of unbranched alkanes of at least 4 members (excludes halogenated alkanes) is 2. The van der Waals surface area contributed by atoms with Gasteiger partial charge in [-0.15, -0.1) is 0 Å². The monoisotopic (exact) mass is 329 g/mol. The maximum atomic E-state index is 11.9. The summed E-state index contributed by atoms with van der Waals surface area (Å²) in [7, 11) is 0. The van der Waals surface area contributed by atoms with Gasteiger partial charge >= 0.3 is 0 Å². The van der Waals surface area contributed by atoms with Crippen molar-refractivity contribution >= 4 is 5.91 Å². The number of amides is 1. The van der Waals surface area contributed by atoms with E-state index in [1.807, 2.05) is 4.90 Å². The molecule has 1 fully saturated rings. The molecule has 1 aliphatic heterocycles. The average Bonchev–Trinajstić information content (AvgIpc) is 3.13. The van der Waals surface area contributed by atoms with E-state index < -0.39 is 0 Å². The molecular weight excluding hydrogens is 294 g/mol. The normalized spacial score (nSPS) is 15.8. The summed E-state index contributed by atoms with van der Waals surface area (Å²) in [4.78, 5) is 13.9. The molecule has 1 aliphatic rings. The third-order valence-corrected chi connectivity index (χ3v) is 4.19. The number of carbonyl (C=O) groups excluding carboxylic acids is 1. The first-order valence-corrected chi connectivity index (χ1v) is 9.72. The highest BCUT2D eigenvalue weighted by molar-refractivity contribution is 5.76. The van der Waals surface area contributed by atoms with Gasteiger partial charge in [0.15, 0.2) is 0 Å². The van der Waals surface area contributed by atoms with Crippen molar-refractivity contribution in [3.63, 3.8) is 0 Å². The van der Waals surface area contributed by atoms with Crippen molar-refractivity contribution in [2.75, 3.05) is 13.1 Å². The van der Waals surface area contributed by atoms with Crippen molar-refractivity contribution in [3.8, 4) is 0 Å². The van der Waals surface area contributed by atoms with Crippen LogP contribution >= 0.6 is 0 Å². The summed E-state index contributed by atoms with van der Waals surface area (Å²) in [5, 5.41) is 0. The minimum absolute atomic E-state index is 0.359. The summed E-state index contributed by atoms with van der Waals surface area (Å²) < 4.78 is 0. The molecule has 0 radical (unpaired) electrons. The Morgan fingerprint density at radius 2 is 1.33 bits per heavy atom. The highest BCUT2D eigenvalue weighted by atomic mass is 16.2. The smallest absolute Gasteiger partial charge is 0.222 e. The summed E-state index contributed by atoms with van der Waals surface area (Å²) >= 11 is 0. The second-order valence-electron chi connectivity index (χ2n) is 6.33. The van der Waals surface area contributed by atoms with Crippen molar-refractivity contribution < 1.29 is 4.79 Å². The fraction of sp³-hybridized carbons (Fsp3) is 0.591. The van der Waals surface area contributed by atoms with Crippen LogP contribution in [-0.4, -0.2) is 23.9 Å². The Morgan fingerprint density at radius 3 is 1.92 bits per heavy atom. The van der Waals surface area contributed by atoms with Gasteiger partial charge in [0.1, 0.15) is 0 Å².